The van der Waals surface area contributed by atoms with Gasteiger partial charge < -0.3 is 4.52 Å². The molecular formula is C19H19FN6O4S. The third-order valence-corrected chi connectivity index (χ3v) is 6.74. The predicted molar refractivity (Wildman–Crippen MR) is 107 cm³/mol. The van der Waals surface area contributed by atoms with Crippen LogP contribution in [0, 0.1) is 11.7 Å². The molecule has 2 N–H and O–H groups in total. The average molecular weight is 446 g/mol. The Bertz CT molecular complexity index is 1150. The Balaban J connectivity index is 1.37. The number of rotatable bonds is 6. The second-order valence-corrected chi connectivity index (χ2v) is 8.87. The normalized spacial score (nSPS) is 17.3. The molecule has 3 aromatic rings. The van der Waals surface area contributed by atoms with Gasteiger partial charge in [-0.15, -0.1) is 0 Å². The topological polar surface area (TPSA) is 130 Å². The second-order valence-electron chi connectivity index (χ2n) is 6.93. The zero-order valence-corrected chi connectivity index (χ0v) is 17.0. The lowest BCUT2D eigenvalue weighted by atomic mass is 9.99. The van der Waals surface area contributed by atoms with Gasteiger partial charge in [0.15, 0.2) is 0 Å². The highest BCUT2D eigenvalue weighted by Gasteiger charge is 2.33. The summed E-state index contributed by atoms with van der Waals surface area (Å²) in [5, 5.41) is 3.82. The minimum absolute atomic E-state index is 0.00763. The molecule has 1 aromatic carbocycles. The van der Waals surface area contributed by atoms with E-state index < -0.39 is 27.7 Å². The van der Waals surface area contributed by atoms with Gasteiger partial charge >= 0.3 is 6.01 Å². The summed E-state index contributed by atoms with van der Waals surface area (Å²) < 4.78 is 45.0. The highest BCUT2D eigenvalue weighted by atomic mass is 32.2. The van der Waals surface area contributed by atoms with Gasteiger partial charge in [-0.05, 0) is 49.2 Å². The highest BCUT2D eigenvalue weighted by Crippen LogP contribution is 2.24. The summed E-state index contributed by atoms with van der Waals surface area (Å²) in [7, 11) is -3.82. The van der Waals surface area contributed by atoms with Gasteiger partial charge in [-0.1, -0.05) is 5.16 Å². The lowest BCUT2D eigenvalue weighted by Crippen LogP contribution is -2.46. The molecule has 0 saturated carbocycles. The molecule has 3 heterocycles. The van der Waals surface area contributed by atoms with E-state index in [1.807, 2.05) is 0 Å². The van der Waals surface area contributed by atoms with E-state index in [0.717, 1.165) is 12.1 Å². The molecule has 2 aromatic heterocycles. The zero-order chi connectivity index (χ0) is 21.8. The second kappa shape index (κ2) is 8.78. The molecule has 12 heteroatoms. The maximum absolute atomic E-state index is 13.1. The largest absolute Gasteiger partial charge is 0.340 e. The Kier molecular flexibility index (Phi) is 5.91. The number of hydrazine groups is 1. The van der Waals surface area contributed by atoms with E-state index in [-0.39, 0.29) is 24.0 Å². The van der Waals surface area contributed by atoms with E-state index in [9.17, 15) is 17.6 Å². The summed E-state index contributed by atoms with van der Waals surface area (Å²) in [6.45, 7) is 0.301. The molecule has 31 heavy (non-hydrogen) atoms. The van der Waals surface area contributed by atoms with Crippen LogP contribution in [0.4, 0.5) is 10.4 Å². The smallest absolute Gasteiger partial charge is 0.313 e. The maximum atomic E-state index is 13.1. The molecule has 0 bridgehead atoms. The molecule has 1 amide bonds. The minimum Gasteiger partial charge on any atom is -0.313 e. The van der Waals surface area contributed by atoms with E-state index in [1.54, 1.807) is 24.5 Å². The summed E-state index contributed by atoms with van der Waals surface area (Å²) >= 11 is 0. The zero-order valence-electron chi connectivity index (χ0n) is 16.2. The fraction of sp³-hybridized carbons (Fsp3) is 0.263. The van der Waals surface area contributed by atoms with Crippen molar-refractivity contribution in [1.82, 2.24) is 24.9 Å². The van der Waals surface area contributed by atoms with Crippen LogP contribution in [0.5, 0.6) is 0 Å². The van der Waals surface area contributed by atoms with Gasteiger partial charge in [0.1, 0.15) is 5.82 Å². The number of halogens is 1. The lowest BCUT2D eigenvalue weighted by molar-refractivity contribution is -0.125. The summed E-state index contributed by atoms with van der Waals surface area (Å²) in [6, 6.07) is 8.03. The molecule has 1 unspecified atom stereocenters. The highest BCUT2D eigenvalue weighted by molar-refractivity contribution is 7.89. The predicted octanol–water partition coefficient (Wildman–Crippen LogP) is 1.81. The number of hydrogen-bond acceptors (Lipinski definition) is 8. The SMILES string of the molecule is O=C(NNc1nc(-c2ccncc2)no1)C1CCCN(S(=O)(=O)c2ccc(F)cc2)C1. The molecule has 0 aliphatic carbocycles. The molecule has 1 atom stereocenters. The average Bonchev–Trinajstić information content (AvgIpc) is 3.27. The number of carbonyl (C=O) groups is 1. The molecule has 1 saturated heterocycles. The molecule has 4 rings (SSSR count). The van der Waals surface area contributed by atoms with Crippen molar-refractivity contribution in [1.29, 1.82) is 0 Å². The van der Waals surface area contributed by atoms with E-state index in [4.69, 9.17) is 4.52 Å². The molecular weight excluding hydrogens is 427 g/mol. The van der Waals surface area contributed by atoms with Crippen molar-refractivity contribution in [3.63, 3.8) is 0 Å². The molecule has 1 aliphatic heterocycles. The number of hydrogen-bond donors (Lipinski definition) is 2. The van der Waals surface area contributed by atoms with Crippen LogP contribution in [0.2, 0.25) is 0 Å². The van der Waals surface area contributed by atoms with E-state index in [0.29, 0.717) is 24.2 Å². The maximum Gasteiger partial charge on any atom is 0.340 e. The first kappa shape index (κ1) is 20.9. The van der Waals surface area contributed by atoms with Crippen molar-refractivity contribution in [3.8, 4) is 11.4 Å². The number of benzene rings is 1. The number of nitrogens with zero attached hydrogens (tertiary/aromatic N) is 4. The minimum atomic E-state index is -3.82. The molecule has 10 nitrogen and oxygen atoms in total. The van der Waals surface area contributed by atoms with Crippen molar-refractivity contribution < 1.29 is 22.1 Å². The first-order chi connectivity index (χ1) is 14.9. The van der Waals surface area contributed by atoms with Gasteiger partial charge in [-0.2, -0.15) is 9.29 Å². The molecule has 162 valence electrons. The standard InChI is InChI=1S/C19H19FN6O4S/c20-15-3-5-16(6-4-15)31(28,29)26-11-1-2-14(12-26)18(27)23-24-19-22-17(25-30-19)13-7-9-21-10-8-13/h3-10,14H,1-2,11-12H2,(H,23,27)(H,22,24,25). The Morgan fingerprint density at radius 2 is 1.90 bits per heavy atom. The van der Waals surface area contributed by atoms with Gasteiger partial charge in [0.2, 0.25) is 21.8 Å². The third-order valence-electron chi connectivity index (χ3n) is 4.86. The number of piperidine rings is 1. The Hall–Kier alpha value is -3.38. The van der Waals surface area contributed by atoms with Crippen LogP contribution in [0.25, 0.3) is 11.4 Å². The van der Waals surface area contributed by atoms with Crippen LogP contribution in [0.3, 0.4) is 0 Å². The number of carbonyl (C=O) groups excluding carboxylic acids is 1. The van der Waals surface area contributed by atoms with E-state index >= 15 is 0 Å². The van der Waals surface area contributed by atoms with Crippen molar-refractivity contribution in [2.75, 3.05) is 18.5 Å². The van der Waals surface area contributed by atoms with Crippen LogP contribution in [0.1, 0.15) is 12.8 Å². The fourth-order valence-corrected chi connectivity index (χ4v) is 4.76. The van der Waals surface area contributed by atoms with E-state index in [2.05, 4.69) is 26.0 Å². The van der Waals surface area contributed by atoms with Crippen molar-refractivity contribution in [2.24, 2.45) is 5.92 Å². The summed E-state index contributed by atoms with van der Waals surface area (Å²) in [5.41, 5.74) is 5.74. The summed E-state index contributed by atoms with van der Waals surface area (Å²) in [5.74, 6) is -1.16. The van der Waals surface area contributed by atoms with Crippen molar-refractivity contribution in [3.05, 3.63) is 54.6 Å². The van der Waals surface area contributed by atoms with Gasteiger partial charge in [-0.25, -0.2) is 18.2 Å². The number of nitrogens with one attached hydrogen (secondary N) is 2. The van der Waals surface area contributed by atoms with Crippen LogP contribution < -0.4 is 10.9 Å². The Labute approximate surface area is 177 Å². The Morgan fingerprint density at radius 3 is 2.65 bits per heavy atom. The first-order valence-electron chi connectivity index (χ1n) is 9.49. The van der Waals surface area contributed by atoms with E-state index in [1.165, 1.54) is 16.4 Å². The third kappa shape index (κ3) is 4.70. The quantitative estimate of drug-likeness (QED) is 0.549. The number of pyridine rings is 1. The van der Waals surface area contributed by atoms with Gasteiger partial charge in [0.05, 0.1) is 10.8 Å². The number of amides is 1. The first-order valence-corrected chi connectivity index (χ1v) is 10.9. The molecule has 1 fully saturated rings. The van der Waals surface area contributed by atoms with Gasteiger partial charge in [-0.3, -0.25) is 15.2 Å². The molecule has 1 aliphatic rings. The number of aromatic nitrogens is 3. The molecule has 0 spiro atoms. The fourth-order valence-electron chi connectivity index (χ4n) is 3.24. The Morgan fingerprint density at radius 1 is 1.16 bits per heavy atom. The van der Waals surface area contributed by atoms with Gasteiger partial charge in [0.25, 0.3) is 0 Å². The summed E-state index contributed by atoms with van der Waals surface area (Å²) in [4.78, 5) is 20.6. The summed E-state index contributed by atoms with van der Waals surface area (Å²) in [6.07, 6.45) is 4.23. The van der Waals surface area contributed by atoms with Crippen LogP contribution in [-0.4, -0.2) is 46.8 Å². The monoisotopic (exact) mass is 446 g/mol. The van der Waals surface area contributed by atoms with Gasteiger partial charge in [0, 0.05) is 31.0 Å². The van der Waals surface area contributed by atoms with Crippen LogP contribution in [0.15, 0.2) is 58.2 Å². The number of sulfonamides is 1. The number of anilines is 1. The van der Waals surface area contributed by atoms with Crippen molar-refractivity contribution in [2.45, 2.75) is 17.7 Å². The van der Waals surface area contributed by atoms with Crippen LogP contribution >= 0.6 is 0 Å². The van der Waals surface area contributed by atoms with Crippen molar-refractivity contribution >= 4 is 21.9 Å². The molecule has 0 radical (unpaired) electrons. The lowest BCUT2D eigenvalue weighted by Gasteiger charge is -2.31. The van der Waals surface area contributed by atoms with Crippen LogP contribution in [-0.2, 0) is 14.8 Å².